The molecule has 0 radical (unpaired) electrons. The summed E-state index contributed by atoms with van der Waals surface area (Å²) < 4.78 is 5.35. The van der Waals surface area contributed by atoms with E-state index in [0.29, 0.717) is 11.3 Å². The molecule has 2 heterocycles. The summed E-state index contributed by atoms with van der Waals surface area (Å²) in [7, 11) is 0. The third-order valence-electron chi connectivity index (χ3n) is 3.98. The van der Waals surface area contributed by atoms with E-state index < -0.39 is 0 Å². The van der Waals surface area contributed by atoms with Crippen LogP contribution in [0.25, 0.3) is 0 Å². The van der Waals surface area contributed by atoms with E-state index in [1.54, 1.807) is 12.3 Å². The second kappa shape index (κ2) is 7.33. The molecule has 1 fully saturated rings. The summed E-state index contributed by atoms with van der Waals surface area (Å²) in [4.78, 5) is 14.7. The lowest BCUT2D eigenvalue weighted by molar-refractivity contribution is 0.0374. The standard InChI is InChI=1S/C17H21N3O2/c21-17(16-6-7-18-19-16)15-5-1-3-14(13-15)4-2-8-20-9-11-22-12-10-20/h1,3,5-7,13H,2,4,8-12H2,(H,18,19). The van der Waals surface area contributed by atoms with Crippen LogP contribution in [0.3, 0.4) is 0 Å². The van der Waals surface area contributed by atoms with E-state index in [-0.39, 0.29) is 5.78 Å². The number of hydrogen-bond acceptors (Lipinski definition) is 4. The maximum atomic E-state index is 12.3. The number of carbonyl (C=O) groups is 1. The minimum Gasteiger partial charge on any atom is -0.379 e. The van der Waals surface area contributed by atoms with E-state index >= 15 is 0 Å². The average molecular weight is 299 g/mol. The van der Waals surface area contributed by atoms with Gasteiger partial charge in [-0.2, -0.15) is 5.10 Å². The molecule has 5 nitrogen and oxygen atoms in total. The molecule has 5 heteroatoms. The van der Waals surface area contributed by atoms with E-state index in [2.05, 4.69) is 21.2 Å². The van der Waals surface area contributed by atoms with Crippen LogP contribution in [0.1, 0.15) is 28.0 Å². The normalized spacial score (nSPS) is 15.8. The molecule has 2 aromatic rings. The molecule has 1 saturated heterocycles. The number of hydrogen-bond donors (Lipinski definition) is 1. The van der Waals surface area contributed by atoms with Gasteiger partial charge in [-0.25, -0.2) is 0 Å². The highest BCUT2D eigenvalue weighted by Crippen LogP contribution is 2.12. The summed E-state index contributed by atoms with van der Waals surface area (Å²) in [5.74, 6) is -0.00692. The highest BCUT2D eigenvalue weighted by Gasteiger charge is 2.12. The molecule has 0 spiro atoms. The number of aromatic nitrogens is 2. The van der Waals surface area contributed by atoms with Crippen molar-refractivity contribution in [3.8, 4) is 0 Å². The highest BCUT2D eigenvalue weighted by molar-refractivity contribution is 6.07. The molecular weight excluding hydrogens is 278 g/mol. The predicted octanol–water partition coefficient (Wildman–Crippen LogP) is 1.91. The van der Waals surface area contributed by atoms with Gasteiger partial charge in [0.15, 0.2) is 0 Å². The Balaban J connectivity index is 1.56. The summed E-state index contributed by atoms with van der Waals surface area (Å²) in [5, 5.41) is 6.55. The zero-order valence-corrected chi connectivity index (χ0v) is 12.6. The Morgan fingerprint density at radius 2 is 2.14 bits per heavy atom. The topological polar surface area (TPSA) is 58.2 Å². The van der Waals surface area contributed by atoms with Crippen LogP contribution in [0.2, 0.25) is 0 Å². The van der Waals surface area contributed by atoms with E-state index in [4.69, 9.17) is 4.74 Å². The Bertz CT molecular complexity index is 604. The molecule has 0 unspecified atom stereocenters. The molecule has 1 N–H and O–H groups in total. The van der Waals surface area contributed by atoms with Crippen LogP contribution in [0.4, 0.5) is 0 Å². The first-order valence-electron chi connectivity index (χ1n) is 7.76. The predicted molar refractivity (Wildman–Crippen MR) is 84.0 cm³/mol. The first-order valence-corrected chi connectivity index (χ1v) is 7.76. The smallest absolute Gasteiger partial charge is 0.210 e. The molecule has 0 atom stereocenters. The first kappa shape index (κ1) is 14.9. The largest absolute Gasteiger partial charge is 0.379 e. The molecule has 116 valence electrons. The molecule has 0 bridgehead atoms. The molecule has 0 amide bonds. The fourth-order valence-corrected chi connectivity index (χ4v) is 2.74. The van der Waals surface area contributed by atoms with Gasteiger partial charge in [-0.15, -0.1) is 0 Å². The summed E-state index contributed by atoms with van der Waals surface area (Å²) in [6, 6.07) is 9.58. The van der Waals surface area contributed by atoms with Gasteiger partial charge in [0.1, 0.15) is 5.69 Å². The average Bonchev–Trinajstić information content (AvgIpc) is 3.10. The van der Waals surface area contributed by atoms with Gasteiger partial charge in [0.25, 0.3) is 0 Å². The Labute approximate surface area is 130 Å². The van der Waals surface area contributed by atoms with Crippen molar-refractivity contribution in [1.82, 2.24) is 15.1 Å². The second-order valence-corrected chi connectivity index (χ2v) is 5.56. The number of benzene rings is 1. The van der Waals surface area contributed by atoms with Crippen LogP contribution >= 0.6 is 0 Å². The van der Waals surface area contributed by atoms with E-state index in [1.165, 1.54) is 5.56 Å². The van der Waals surface area contributed by atoms with Gasteiger partial charge < -0.3 is 4.74 Å². The van der Waals surface area contributed by atoms with Crippen molar-refractivity contribution in [3.05, 3.63) is 53.3 Å². The summed E-state index contributed by atoms with van der Waals surface area (Å²) >= 11 is 0. The van der Waals surface area contributed by atoms with Gasteiger partial charge in [-0.05, 0) is 37.1 Å². The molecular formula is C17H21N3O2. The third kappa shape index (κ3) is 3.81. The number of ether oxygens (including phenoxy) is 1. The molecule has 0 aliphatic carbocycles. The van der Waals surface area contributed by atoms with Crippen LogP contribution in [0, 0.1) is 0 Å². The van der Waals surface area contributed by atoms with Crippen molar-refractivity contribution in [1.29, 1.82) is 0 Å². The zero-order chi connectivity index (χ0) is 15.2. The molecule has 1 aromatic carbocycles. The number of rotatable bonds is 6. The molecule has 1 aromatic heterocycles. The molecule has 3 rings (SSSR count). The van der Waals surface area contributed by atoms with Gasteiger partial charge in [0.05, 0.1) is 13.2 Å². The Hall–Kier alpha value is -1.98. The van der Waals surface area contributed by atoms with Crippen molar-refractivity contribution >= 4 is 5.78 Å². The van der Waals surface area contributed by atoms with Crippen LogP contribution in [0.5, 0.6) is 0 Å². The van der Waals surface area contributed by atoms with Crippen LogP contribution in [-0.2, 0) is 11.2 Å². The summed E-state index contributed by atoms with van der Waals surface area (Å²) in [6.45, 7) is 4.82. The molecule has 1 aliphatic rings. The lowest BCUT2D eigenvalue weighted by Gasteiger charge is -2.26. The van der Waals surface area contributed by atoms with E-state index in [1.807, 2.05) is 18.2 Å². The van der Waals surface area contributed by atoms with Crippen molar-refractivity contribution in [3.63, 3.8) is 0 Å². The Kier molecular flexibility index (Phi) is 4.98. The molecule has 0 saturated carbocycles. The Morgan fingerprint density at radius 1 is 1.27 bits per heavy atom. The van der Waals surface area contributed by atoms with Gasteiger partial charge in [0, 0.05) is 24.8 Å². The maximum absolute atomic E-state index is 12.3. The first-order chi connectivity index (χ1) is 10.8. The Morgan fingerprint density at radius 3 is 2.91 bits per heavy atom. The fourth-order valence-electron chi connectivity index (χ4n) is 2.74. The zero-order valence-electron chi connectivity index (χ0n) is 12.6. The van der Waals surface area contributed by atoms with Crippen LogP contribution < -0.4 is 0 Å². The SMILES string of the molecule is O=C(c1cccc(CCCN2CCOCC2)c1)c1ccn[nH]1. The van der Waals surface area contributed by atoms with Crippen molar-refractivity contribution in [2.75, 3.05) is 32.8 Å². The third-order valence-corrected chi connectivity index (χ3v) is 3.98. The number of nitrogens with one attached hydrogen (secondary N) is 1. The minimum atomic E-state index is -0.00692. The number of H-pyrrole nitrogens is 1. The van der Waals surface area contributed by atoms with Crippen molar-refractivity contribution in [2.24, 2.45) is 0 Å². The van der Waals surface area contributed by atoms with Gasteiger partial charge in [-0.3, -0.25) is 14.8 Å². The maximum Gasteiger partial charge on any atom is 0.210 e. The van der Waals surface area contributed by atoms with Gasteiger partial charge in [-0.1, -0.05) is 18.2 Å². The van der Waals surface area contributed by atoms with E-state index in [9.17, 15) is 4.79 Å². The highest BCUT2D eigenvalue weighted by atomic mass is 16.5. The monoisotopic (exact) mass is 299 g/mol. The van der Waals surface area contributed by atoms with E-state index in [0.717, 1.165) is 45.7 Å². The second-order valence-electron chi connectivity index (χ2n) is 5.56. The lowest BCUT2D eigenvalue weighted by atomic mass is 10.0. The number of aryl methyl sites for hydroxylation is 1. The van der Waals surface area contributed by atoms with Crippen molar-refractivity contribution < 1.29 is 9.53 Å². The number of aromatic amines is 1. The quantitative estimate of drug-likeness (QED) is 0.828. The molecule has 22 heavy (non-hydrogen) atoms. The minimum absolute atomic E-state index is 0.00692. The molecule has 1 aliphatic heterocycles. The van der Waals surface area contributed by atoms with Crippen LogP contribution in [-0.4, -0.2) is 53.7 Å². The summed E-state index contributed by atoms with van der Waals surface area (Å²) in [5.41, 5.74) is 2.46. The van der Waals surface area contributed by atoms with Crippen molar-refractivity contribution in [2.45, 2.75) is 12.8 Å². The lowest BCUT2D eigenvalue weighted by Crippen LogP contribution is -2.36. The van der Waals surface area contributed by atoms with Gasteiger partial charge in [0.2, 0.25) is 5.78 Å². The van der Waals surface area contributed by atoms with Crippen LogP contribution in [0.15, 0.2) is 36.5 Å². The number of ketones is 1. The summed E-state index contributed by atoms with van der Waals surface area (Å²) in [6.07, 6.45) is 3.68. The van der Waals surface area contributed by atoms with Gasteiger partial charge >= 0.3 is 0 Å². The fraction of sp³-hybridized carbons (Fsp3) is 0.412. The number of carbonyl (C=O) groups excluding carboxylic acids is 1. The number of nitrogens with zero attached hydrogens (tertiary/aromatic N) is 2. The number of morpholine rings is 1.